The molecule has 3 aromatic carbocycles. The fourth-order valence-corrected chi connectivity index (χ4v) is 3.60. The van der Waals surface area contributed by atoms with Crippen molar-refractivity contribution in [2.75, 3.05) is 6.54 Å². The molecule has 0 radical (unpaired) electrons. The van der Waals surface area contributed by atoms with Crippen molar-refractivity contribution >= 4 is 5.91 Å². The molecule has 1 amide bonds. The second kappa shape index (κ2) is 6.85. The molecule has 0 N–H and O–H groups in total. The zero-order chi connectivity index (χ0) is 17.9. The molecule has 26 heavy (non-hydrogen) atoms. The molecule has 126 valence electrons. The molecule has 3 nitrogen and oxygen atoms in total. The van der Waals surface area contributed by atoms with Gasteiger partial charge in [0.05, 0.1) is 11.6 Å². The maximum Gasteiger partial charge on any atom is 0.254 e. The molecule has 1 aliphatic heterocycles. The van der Waals surface area contributed by atoms with E-state index in [2.05, 4.69) is 36.4 Å². The van der Waals surface area contributed by atoms with E-state index < -0.39 is 0 Å². The first-order valence-electron chi connectivity index (χ1n) is 8.68. The van der Waals surface area contributed by atoms with E-state index >= 15 is 0 Å². The van der Waals surface area contributed by atoms with Crippen LogP contribution in [0.1, 0.15) is 38.5 Å². The van der Waals surface area contributed by atoms with Gasteiger partial charge in [0.1, 0.15) is 0 Å². The van der Waals surface area contributed by atoms with E-state index in [4.69, 9.17) is 5.26 Å². The molecule has 0 saturated heterocycles. The first-order chi connectivity index (χ1) is 12.8. The van der Waals surface area contributed by atoms with Gasteiger partial charge in [-0.3, -0.25) is 4.79 Å². The van der Waals surface area contributed by atoms with Crippen molar-refractivity contribution < 1.29 is 4.79 Å². The average Bonchev–Trinajstić information content (AvgIpc) is 2.73. The highest BCUT2D eigenvalue weighted by Gasteiger charge is 2.29. The van der Waals surface area contributed by atoms with E-state index in [0.717, 1.165) is 0 Å². The van der Waals surface area contributed by atoms with E-state index in [-0.39, 0.29) is 11.8 Å². The van der Waals surface area contributed by atoms with Crippen molar-refractivity contribution in [1.82, 2.24) is 4.90 Å². The largest absolute Gasteiger partial charge is 0.333 e. The van der Waals surface area contributed by atoms with Gasteiger partial charge in [-0.15, -0.1) is 0 Å². The van der Waals surface area contributed by atoms with Crippen molar-refractivity contribution in [1.29, 1.82) is 5.26 Å². The standard InChI is InChI=1S/C23H18N2O/c24-14-17-10-12-19(13-11-17)23(26)25-15-20-8-4-5-9-21(20)22(16-25)18-6-2-1-3-7-18/h1-13,22H,15-16H2. The van der Waals surface area contributed by atoms with Crippen LogP contribution in [0.15, 0.2) is 78.9 Å². The highest BCUT2D eigenvalue weighted by Crippen LogP contribution is 2.34. The average molecular weight is 338 g/mol. The zero-order valence-corrected chi connectivity index (χ0v) is 14.3. The third-order valence-electron chi connectivity index (χ3n) is 4.94. The fourth-order valence-electron chi connectivity index (χ4n) is 3.60. The molecule has 0 fully saturated rings. The smallest absolute Gasteiger partial charge is 0.254 e. The Hall–Kier alpha value is -3.38. The Labute approximate surface area is 153 Å². The highest BCUT2D eigenvalue weighted by molar-refractivity contribution is 5.94. The van der Waals surface area contributed by atoms with Crippen LogP contribution in [0.2, 0.25) is 0 Å². The Kier molecular flexibility index (Phi) is 4.25. The van der Waals surface area contributed by atoms with Crippen molar-refractivity contribution in [2.24, 2.45) is 0 Å². The van der Waals surface area contributed by atoms with Crippen LogP contribution in [0.3, 0.4) is 0 Å². The lowest BCUT2D eigenvalue weighted by atomic mass is 9.84. The van der Waals surface area contributed by atoms with Crippen LogP contribution in [-0.4, -0.2) is 17.4 Å². The van der Waals surface area contributed by atoms with Crippen LogP contribution in [0.4, 0.5) is 0 Å². The molecule has 1 heterocycles. The van der Waals surface area contributed by atoms with E-state index in [1.807, 2.05) is 29.2 Å². The first-order valence-corrected chi connectivity index (χ1v) is 8.68. The molecule has 1 aliphatic rings. The summed E-state index contributed by atoms with van der Waals surface area (Å²) in [4.78, 5) is 14.9. The van der Waals surface area contributed by atoms with E-state index in [0.29, 0.717) is 24.2 Å². The number of carbonyl (C=O) groups is 1. The molecule has 0 bridgehead atoms. The Morgan fingerprint density at radius 1 is 0.923 bits per heavy atom. The van der Waals surface area contributed by atoms with Crippen molar-refractivity contribution in [3.05, 3.63) is 107 Å². The number of hydrogen-bond donors (Lipinski definition) is 0. The summed E-state index contributed by atoms with van der Waals surface area (Å²) in [6, 6.07) is 27.6. The molecule has 3 heteroatoms. The Balaban J connectivity index is 1.68. The van der Waals surface area contributed by atoms with Gasteiger partial charge in [0.2, 0.25) is 0 Å². The van der Waals surface area contributed by atoms with Crippen molar-refractivity contribution in [3.63, 3.8) is 0 Å². The van der Waals surface area contributed by atoms with E-state index in [1.165, 1.54) is 16.7 Å². The fraction of sp³-hybridized carbons (Fsp3) is 0.130. The number of fused-ring (bicyclic) bond motifs is 1. The monoisotopic (exact) mass is 338 g/mol. The van der Waals surface area contributed by atoms with E-state index in [9.17, 15) is 4.79 Å². The van der Waals surface area contributed by atoms with Crippen LogP contribution in [0, 0.1) is 11.3 Å². The lowest BCUT2D eigenvalue weighted by Gasteiger charge is -2.35. The summed E-state index contributed by atoms with van der Waals surface area (Å²) in [7, 11) is 0. The van der Waals surface area contributed by atoms with Gasteiger partial charge in [0.25, 0.3) is 5.91 Å². The Bertz CT molecular complexity index is 971. The first kappa shape index (κ1) is 16.1. The van der Waals surface area contributed by atoms with Gasteiger partial charge in [-0.25, -0.2) is 0 Å². The van der Waals surface area contributed by atoms with Crippen molar-refractivity contribution in [2.45, 2.75) is 12.5 Å². The predicted molar refractivity (Wildman–Crippen MR) is 101 cm³/mol. The lowest BCUT2D eigenvalue weighted by Crippen LogP contribution is -2.38. The minimum absolute atomic E-state index is 0.00456. The Morgan fingerprint density at radius 2 is 1.62 bits per heavy atom. The van der Waals surface area contributed by atoms with Gasteiger partial charge in [-0.1, -0.05) is 54.6 Å². The van der Waals surface area contributed by atoms with Crippen LogP contribution in [0.5, 0.6) is 0 Å². The predicted octanol–water partition coefficient (Wildman–Crippen LogP) is 4.35. The summed E-state index contributed by atoms with van der Waals surface area (Å²) in [5.41, 5.74) is 4.89. The maximum absolute atomic E-state index is 13.0. The molecule has 1 atom stereocenters. The minimum atomic E-state index is 0.00456. The molecule has 0 aromatic heterocycles. The van der Waals surface area contributed by atoms with Gasteiger partial charge in [0, 0.05) is 24.6 Å². The molecule has 4 rings (SSSR count). The number of amides is 1. The second-order valence-electron chi connectivity index (χ2n) is 6.54. The molecular weight excluding hydrogens is 320 g/mol. The molecular formula is C23H18N2O. The quantitative estimate of drug-likeness (QED) is 0.697. The van der Waals surface area contributed by atoms with Crippen molar-refractivity contribution in [3.8, 4) is 6.07 Å². The van der Waals surface area contributed by atoms with Crippen LogP contribution in [-0.2, 0) is 6.54 Å². The normalized spacial score (nSPS) is 15.8. The van der Waals surface area contributed by atoms with Crippen LogP contribution in [0.25, 0.3) is 0 Å². The van der Waals surface area contributed by atoms with Crippen LogP contribution < -0.4 is 0 Å². The van der Waals surface area contributed by atoms with Gasteiger partial charge >= 0.3 is 0 Å². The molecule has 3 aromatic rings. The van der Waals surface area contributed by atoms with E-state index in [1.54, 1.807) is 24.3 Å². The number of benzene rings is 3. The van der Waals surface area contributed by atoms with Gasteiger partial charge < -0.3 is 4.90 Å². The van der Waals surface area contributed by atoms with Gasteiger partial charge in [-0.05, 0) is 41.0 Å². The highest BCUT2D eigenvalue weighted by atomic mass is 16.2. The minimum Gasteiger partial charge on any atom is -0.333 e. The third-order valence-corrected chi connectivity index (χ3v) is 4.94. The van der Waals surface area contributed by atoms with Gasteiger partial charge in [0.15, 0.2) is 0 Å². The number of nitriles is 1. The number of carbonyl (C=O) groups excluding carboxylic acids is 1. The zero-order valence-electron chi connectivity index (χ0n) is 14.3. The summed E-state index contributed by atoms with van der Waals surface area (Å²) >= 11 is 0. The summed E-state index contributed by atoms with van der Waals surface area (Å²) < 4.78 is 0. The maximum atomic E-state index is 13.0. The summed E-state index contributed by atoms with van der Waals surface area (Å²) in [5, 5.41) is 8.94. The summed E-state index contributed by atoms with van der Waals surface area (Å²) in [5.74, 6) is 0.174. The van der Waals surface area contributed by atoms with Gasteiger partial charge in [-0.2, -0.15) is 5.26 Å². The summed E-state index contributed by atoms with van der Waals surface area (Å²) in [6.45, 7) is 1.26. The van der Waals surface area contributed by atoms with Crippen LogP contribution >= 0.6 is 0 Å². The number of rotatable bonds is 2. The Morgan fingerprint density at radius 3 is 2.35 bits per heavy atom. The lowest BCUT2D eigenvalue weighted by molar-refractivity contribution is 0.0725. The summed E-state index contributed by atoms with van der Waals surface area (Å²) in [6.07, 6.45) is 0. The number of nitrogens with zero attached hydrogens (tertiary/aromatic N) is 2. The SMILES string of the molecule is N#Cc1ccc(C(=O)N2Cc3ccccc3C(c3ccccc3)C2)cc1. The molecule has 0 saturated carbocycles. The molecule has 0 spiro atoms. The molecule has 1 unspecified atom stereocenters. The second-order valence-corrected chi connectivity index (χ2v) is 6.54. The number of hydrogen-bond acceptors (Lipinski definition) is 2. The topological polar surface area (TPSA) is 44.1 Å². The third kappa shape index (κ3) is 2.98. The molecule has 0 aliphatic carbocycles.